The van der Waals surface area contributed by atoms with Gasteiger partial charge in [0.2, 0.25) is 5.91 Å². The number of rotatable bonds is 0. The van der Waals surface area contributed by atoms with Gasteiger partial charge in [0, 0.05) is 11.6 Å². The van der Waals surface area contributed by atoms with Gasteiger partial charge in [0.15, 0.2) is 0 Å². The van der Waals surface area contributed by atoms with Crippen LogP contribution in [0.4, 0.5) is 5.69 Å². The Morgan fingerprint density at radius 3 is 2.82 bits per heavy atom. The maximum absolute atomic E-state index is 12.0. The lowest BCUT2D eigenvalue weighted by Crippen LogP contribution is -2.67. The zero-order valence-corrected chi connectivity index (χ0v) is 9.10. The summed E-state index contributed by atoms with van der Waals surface area (Å²) in [6.45, 7) is 0. The van der Waals surface area contributed by atoms with Gasteiger partial charge in [-0.3, -0.25) is 9.59 Å². The van der Waals surface area contributed by atoms with Gasteiger partial charge in [0.25, 0.3) is 0 Å². The van der Waals surface area contributed by atoms with E-state index in [4.69, 9.17) is 4.74 Å². The van der Waals surface area contributed by atoms with E-state index in [0.29, 0.717) is 6.42 Å². The standard InChI is InChI=1S/C13H11NO3/c15-10-6-13(17-10)5-8-7-3-1-2-4-9(7)14-12(16)11(8)13/h1-4,8,11H,5-6H2,(H,14,16)/t8-,11-,13+/m0/s1. The molecule has 1 saturated carbocycles. The normalized spacial score (nSPS) is 37.2. The monoisotopic (exact) mass is 229 g/mol. The Balaban J connectivity index is 1.74. The lowest BCUT2D eigenvalue weighted by molar-refractivity contribution is -0.228. The van der Waals surface area contributed by atoms with E-state index in [1.807, 2.05) is 24.3 Å². The molecule has 1 aliphatic carbocycles. The summed E-state index contributed by atoms with van der Waals surface area (Å²) in [6.07, 6.45) is 1.18. The number of hydrogen-bond acceptors (Lipinski definition) is 3. The Kier molecular flexibility index (Phi) is 1.46. The number of ether oxygens (including phenoxy) is 1. The minimum Gasteiger partial charge on any atom is -0.457 e. The van der Waals surface area contributed by atoms with Crippen molar-refractivity contribution in [2.75, 3.05) is 5.32 Å². The summed E-state index contributed by atoms with van der Waals surface area (Å²) in [5.41, 5.74) is 1.59. The molecule has 4 rings (SSSR count). The van der Waals surface area contributed by atoms with E-state index < -0.39 is 5.60 Å². The second-order valence-corrected chi connectivity index (χ2v) is 5.08. The first-order valence-corrected chi connectivity index (χ1v) is 5.81. The molecule has 3 aliphatic rings. The molecule has 0 aromatic heterocycles. The number of carbonyl (C=O) groups excluding carboxylic acids is 2. The maximum atomic E-state index is 12.0. The first kappa shape index (κ1) is 9.22. The lowest BCUT2D eigenvalue weighted by Gasteiger charge is -2.58. The largest absolute Gasteiger partial charge is 0.457 e. The Bertz CT molecular complexity index is 543. The molecule has 17 heavy (non-hydrogen) atoms. The molecule has 0 radical (unpaired) electrons. The van der Waals surface area contributed by atoms with Gasteiger partial charge in [0.1, 0.15) is 5.60 Å². The van der Waals surface area contributed by atoms with Crippen LogP contribution >= 0.6 is 0 Å². The molecule has 1 saturated heterocycles. The SMILES string of the molecule is O=C1C[C@@]2(C[C@H]3c4ccccc4NC(=O)[C@H]32)O1. The van der Waals surface area contributed by atoms with E-state index in [0.717, 1.165) is 12.1 Å². The molecule has 2 aliphatic heterocycles. The molecule has 4 nitrogen and oxygen atoms in total. The van der Waals surface area contributed by atoms with Crippen molar-refractivity contribution in [1.29, 1.82) is 0 Å². The molecule has 1 amide bonds. The fraction of sp³-hybridized carbons (Fsp3) is 0.385. The summed E-state index contributed by atoms with van der Waals surface area (Å²) in [6, 6.07) is 7.85. The third-order valence-electron chi connectivity index (χ3n) is 4.20. The molecule has 2 fully saturated rings. The van der Waals surface area contributed by atoms with Gasteiger partial charge in [-0.1, -0.05) is 18.2 Å². The highest BCUT2D eigenvalue weighted by atomic mass is 16.6. The van der Waals surface area contributed by atoms with E-state index in [1.165, 1.54) is 5.56 Å². The van der Waals surface area contributed by atoms with Crippen LogP contribution < -0.4 is 5.32 Å². The van der Waals surface area contributed by atoms with Crippen molar-refractivity contribution in [3.8, 4) is 0 Å². The minimum absolute atomic E-state index is 0.00699. The number of fused-ring (bicyclic) bond motifs is 4. The molecule has 1 aromatic carbocycles. The van der Waals surface area contributed by atoms with Gasteiger partial charge in [-0.15, -0.1) is 0 Å². The van der Waals surface area contributed by atoms with Crippen molar-refractivity contribution in [3.63, 3.8) is 0 Å². The zero-order chi connectivity index (χ0) is 11.6. The molecule has 0 unspecified atom stereocenters. The molecule has 4 heteroatoms. The number of amides is 1. The Hall–Kier alpha value is -1.84. The Morgan fingerprint density at radius 2 is 2.06 bits per heavy atom. The smallest absolute Gasteiger partial charge is 0.310 e. The van der Waals surface area contributed by atoms with E-state index in [-0.39, 0.29) is 23.7 Å². The van der Waals surface area contributed by atoms with Gasteiger partial charge in [0.05, 0.1) is 12.3 Å². The third kappa shape index (κ3) is 0.983. The van der Waals surface area contributed by atoms with E-state index in [1.54, 1.807) is 0 Å². The van der Waals surface area contributed by atoms with E-state index in [2.05, 4.69) is 5.32 Å². The zero-order valence-electron chi connectivity index (χ0n) is 9.10. The number of anilines is 1. The topological polar surface area (TPSA) is 55.4 Å². The molecule has 3 atom stereocenters. The van der Waals surface area contributed by atoms with Crippen LogP contribution in [-0.2, 0) is 14.3 Å². The van der Waals surface area contributed by atoms with Gasteiger partial charge < -0.3 is 10.1 Å². The van der Waals surface area contributed by atoms with Gasteiger partial charge >= 0.3 is 5.97 Å². The van der Waals surface area contributed by atoms with E-state index in [9.17, 15) is 9.59 Å². The van der Waals surface area contributed by atoms with Crippen molar-refractivity contribution >= 4 is 17.6 Å². The first-order chi connectivity index (χ1) is 8.20. The number of para-hydroxylation sites is 1. The molecular formula is C13H11NO3. The molecular weight excluding hydrogens is 218 g/mol. The molecule has 2 heterocycles. The summed E-state index contributed by atoms with van der Waals surface area (Å²) in [4.78, 5) is 23.0. The number of esters is 1. The predicted octanol–water partition coefficient (Wildman–Crippen LogP) is 1.43. The van der Waals surface area contributed by atoms with Gasteiger partial charge in [-0.25, -0.2) is 0 Å². The van der Waals surface area contributed by atoms with Crippen LogP contribution in [0.5, 0.6) is 0 Å². The van der Waals surface area contributed by atoms with Crippen molar-refractivity contribution in [2.24, 2.45) is 5.92 Å². The highest BCUT2D eigenvalue weighted by Crippen LogP contribution is 2.60. The maximum Gasteiger partial charge on any atom is 0.310 e. The average molecular weight is 229 g/mol. The minimum atomic E-state index is -0.487. The van der Waals surface area contributed by atoms with Crippen molar-refractivity contribution in [3.05, 3.63) is 29.8 Å². The number of carbonyl (C=O) groups is 2. The summed E-state index contributed by atoms with van der Waals surface area (Å²) in [5.74, 6) is -0.161. The summed E-state index contributed by atoms with van der Waals surface area (Å²) in [5, 5.41) is 2.90. The summed E-state index contributed by atoms with van der Waals surface area (Å²) in [7, 11) is 0. The molecule has 0 bridgehead atoms. The Labute approximate surface area is 98.0 Å². The number of nitrogens with one attached hydrogen (secondary N) is 1. The molecule has 86 valence electrons. The first-order valence-electron chi connectivity index (χ1n) is 5.81. The van der Waals surface area contributed by atoms with E-state index >= 15 is 0 Å². The Morgan fingerprint density at radius 1 is 1.29 bits per heavy atom. The quantitative estimate of drug-likeness (QED) is 0.685. The second kappa shape index (κ2) is 2.70. The third-order valence-corrected chi connectivity index (χ3v) is 4.20. The van der Waals surface area contributed by atoms with Crippen LogP contribution in [0.15, 0.2) is 24.3 Å². The van der Waals surface area contributed by atoms with Crippen molar-refractivity contribution < 1.29 is 14.3 Å². The molecule has 1 N–H and O–H groups in total. The van der Waals surface area contributed by atoms with Crippen LogP contribution in [0.1, 0.15) is 24.3 Å². The van der Waals surface area contributed by atoms with Crippen molar-refractivity contribution in [1.82, 2.24) is 0 Å². The fourth-order valence-corrected chi connectivity index (χ4v) is 3.43. The van der Waals surface area contributed by atoms with Crippen molar-refractivity contribution in [2.45, 2.75) is 24.4 Å². The number of hydrogen-bond donors (Lipinski definition) is 1. The molecule has 1 spiro atoms. The van der Waals surface area contributed by atoms with Gasteiger partial charge in [-0.2, -0.15) is 0 Å². The summed E-state index contributed by atoms with van der Waals surface area (Å²) >= 11 is 0. The molecule has 1 aromatic rings. The highest BCUT2D eigenvalue weighted by Gasteiger charge is 2.67. The van der Waals surface area contributed by atoms with Gasteiger partial charge in [-0.05, 0) is 18.1 Å². The highest BCUT2D eigenvalue weighted by molar-refractivity contribution is 6.00. The van der Waals surface area contributed by atoms with Crippen LogP contribution in [-0.4, -0.2) is 17.5 Å². The van der Waals surface area contributed by atoms with Crippen LogP contribution in [0, 0.1) is 5.92 Å². The summed E-state index contributed by atoms with van der Waals surface area (Å²) < 4.78 is 5.22. The van der Waals surface area contributed by atoms with Crippen LogP contribution in [0.3, 0.4) is 0 Å². The van der Waals surface area contributed by atoms with Crippen LogP contribution in [0.2, 0.25) is 0 Å². The lowest BCUT2D eigenvalue weighted by atomic mass is 9.54. The average Bonchev–Trinajstić information content (AvgIpc) is 2.22. The number of benzene rings is 1. The second-order valence-electron chi connectivity index (χ2n) is 5.08. The van der Waals surface area contributed by atoms with Crippen LogP contribution in [0.25, 0.3) is 0 Å². The predicted molar refractivity (Wildman–Crippen MR) is 59.4 cm³/mol. The fourth-order valence-electron chi connectivity index (χ4n) is 3.43.